The minimum atomic E-state index is -0.369. The highest BCUT2D eigenvalue weighted by Gasteiger charge is 2.41. The van der Waals surface area contributed by atoms with Gasteiger partial charge in [-0.3, -0.25) is 0 Å². The fourth-order valence-electron chi connectivity index (χ4n) is 4.60. The summed E-state index contributed by atoms with van der Waals surface area (Å²) >= 11 is 6.39. The second-order valence-electron chi connectivity index (χ2n) is 8.07. The van der Waals surface area contributed by atoms with Gasteiger partial charge in [-0.1, -0.05) is 35.9 Å². The van der Waals surface area contributed by atoms with Crippen molar-refractivity contribution in [2.75, 3.05) is 19.5 Å². The first-order valence-electron chi connectivity index (χ1n) is 10.8. The van der Waals surface area contributed by atoms with Gasteiger partial charge in [-0.05, 0) is 53.6 Å². The molecule has 2 aliphatic rings. The molecule has 0 amide bonds. The maximum absolute atomic E-state index is 6.62. The number of benzene rings is 3. The Labute approximate surface area is 201 Å². The van der Waals surface area contributed by atoms with E-state index in [4.69, 9.17) is 25.8 Å². The molecule has 0 saturated carbocycles. The summed E-state index contributed by atoms with van der Waals surface area (Å²) in [5, 5.41) is 8.67. The molecule has 0 spiro atoms. The molecule has 0 aliphatic carbocycles. The summed E-state index contributed by atoms with van der Waals surface area (Å²) in [6.07, 6.45) is 1.19. The molecular weight excluding hydrogens is 452 g/mol. The van der Waals surface area contributed by atoms with Crippen LogP contribution in [0.3, 0.4) is 0 Å². The largest absolute Gasteiger partial charge is 0.497 e. The van der Waals surface area contributed by atoms with Gasteiger partial charge in [0.15, 0.2) is 0 Å². The topological polar surface area (TPSA) is 70.4 Å². The van der Waals surface area contributed by atoms with Crippen molar-refractivity contribution >= 4 is 23.2 Å². The Kier molecular flexibility index (Phi) is 4.92. The number of hydrogen-bond acceptors (Lipinski definition) is 6. The predicted octanol–water partition coefficient (Wildman–Crippen LogP) is 5.51. The zero-order chi connectivity index (χ0) is 23.2. The van der Waals surface area contributed by atoms with Crippen molar-refractivity contribution < 1.29 is 14.2 Å². The van der Waals surface area contributed by atoms with E-state index in [2.05, 4.69) is 15.4 Å². The van der Waals surface area contributed by atoms with Gasteiger partial charge in [-0.15, -0.1) is 0 Å². The van der Waals surface area contributed by atoms with Gasteiger partial charge in [0.1, 0.15) is 35.7 Å². The van der Waals surface area contributed by atoms with Gasteiger partial charge in [0.05, 0.1) is 19.9 Å². The van der Waals surface area contributed by atoms with E-state index in [0.29, 0.717) is 11.0 Å². The van der Waals surface area contributed by atoms with Gasteiger partial charge in [0.25, 0.3) is 0 Å². The van der Waals surface area contributed by atoms with Crippen molar-refractivity contribution in [3.8, 4) is 17.2 Å². The molecule has 0 radical (unpaired) electrons. The summed E-state index contributed by atoms with van der Waals surface area (Å²) in [5.41, 5.74) is 4.86. The van der Waals surface area contributed by atoms with E-state index in [1.807, 2.05) is 71.4 Å². The van der Waals surface area contributed by atoms with Crippen molar-refractivity contribution in [2.24, 2.45) is 0 Å². The van der Waals surface area contributed by atoms with E-state index in [9.17, 15) is 0 Å². The number of anilines is 1. The van der Waals surface area contributed by atoms with Crippen LogP contribution >= 0.6 is 11.6 Å². The Morgan fingerprint density at radius 3 is 2.26 bits per heavy atom. The van der Waals surface area contributed by atoms with Crippen molar-refractivity contribution in [1.29, 1.82) is 0 Å². The molecule has 0 bridgehead atoms. The van der Waals surface area contributed by atoms with Crippen LogP contribution < -0.4 is 19.5 Å². The number of halogens is 1. The maximum Gasteiger partial charge on any atom is 0.226 e. The number of methoxy groups -OCH3 is 2. The summed E-state index contributed by atoms with van der Waals surface area (Å²) in [5.74, 6) is 2.97. The maximum atomic E-state index is 6.62. The molecule has 6 rings (SSSR count). The van der Waals surface area contributed by atoms with Gasteiger partial charge in [0.2, 0.25) is 5.95 Å². The molecule has 2 aliphatic heterocycles. The predicted molar refractivity (Wildman–Crippen MR) is 130 cm³/mol. The van der Waals surface area contributed by atoms with Crippen molar-refractivity contribution in [2.45, 2.75) is 12.1 Å². The average Bonchev–Trinajstić information content (AvgIpc) is 3.35. The highest BCUT2D eigenvalue weighted by Crippen LogP contribution is 2.51. The van der Waals surface area contributed by atoms with Crippen LogP contribution in [0.15, 0.2) is 78.6 Å². The third-order valence-corrected chi connectivity index (χ3v) is 6.46. The molecule has 4 aromatic rings. The lowest BCUT2D eigenvalue weighted by Crippen LogP contribution is -2.32. The van der Waals surface area contributed by atoms with Gasteiger partial charge >= 0.3 is 0 Å². The first-order valence-corrected chi connectivity index (χ1v) is 11.2. The highest BCUT2D eigenvalue weighted by molar-refractivity contribution is 6.30. The number of aromatic nitrogens is 3. The van der Waals surface area contributed by atoms with E-state index >= 15 is 0 Å². The lowest BCUT2D eigenvalue weighted by Gasteiger charge is -2.39. The zero-order valence-corrected chi connectivity index (χ0v) is 19.3. The molecule has 2 atom stereocenters. The first-order chi connectivity index (χ1) is 16.7. The number of hydrogen-bond donors (Lipinski definition) is 1. The number of nitrogens with one attached hydrogen (secondary N) is 1. The monoisotopic (exact) mass is 472 g/mol. The fraction of sp³-hybridized carbons (Fsp3) is 0.154. The minimum absolute atomic E-state index is 0.251. The molecule has 0 saturated heterocycles. The quantitative estimate of drug-likeness (QED) is 0.422. The Bertz CT molecular complexity index is 1400. The van der Waals surface area contributed by atoms with Crippen LogP contribution in [0.2, 0.25) is 5.02 Å². The zero-order valence-electron chi connectivity index (χ0n) is 18.5. The van der Waals surface area contributed by atoms with Crippen LogP contribution in [0.4, 0.5) is 5.95 Å². The van der Waals surface area contributed by atoms with Gasteiger partial charge in [0, 0.05) is 16.2 Å². The number of fused-ring (bicyclic) bond motifs is 3. The number of rotatable bonds is 4. The van der Waals surface area contributed by atoms with Crippen LogP contribution in [0.25, 0.3) is 5.70 Å². The number of nitrogens with zero attached hydrogens (tertiary/aromatic N) is 3. The molecule has 0 fully saturated rings. The van der Waals surface area contributed by atoms with Crippen LogP contribution in [-0.4, -0.2) is 29.0 Å². The third-order valence-electron chi connectivity index (χ3n) is 6.23. The number of ether oxygens (including phenoxy) is 3. The van der Waals surface area contributed by atoms with Crippen molar-refractivity contribution in [1.82, 2.24) is 14.8 Å². The summed E-state index contributed by atoms with van der Waals surface area (Å²) in [6, 6.07) is 21.3. The van der Waals surface area contributed by atoms with Crippen molar-refractivity contribution in [3.63, 3.8) is 0 Å². The molecule has 8 heteroatoms. The Balaban J connectivity index is 1.59. The lowest BCUT2D eigenvalue weighted by molar-refractivity contribution is 0.223. The molecule has 1 N–H and O–H groups in total. The van der Waals surface area contributed by atoms with Crippen LogP contribution in [0.1, 0.15) is 28.8 Å². The molecule has 7 nitrogen and oxygen atoms in total. The molecule has 0 unspecified atom stereocenters. The second-order valence-corrected chi connectivity index (χ2v) is 8.51. The second kappa shape index (κ2) is 8.11. The van der Waals surface area contributed by atoms with E-state index in [1.165, 1.54) is 0 Å². The van der Waals surface area contributed by atoms with Crippen LogP contribution in [-0.2, 0) is 0 Å². The molecular formula is C26H21ClN4O3. The summed E-state index contributed by atoms with van der Waals surface area (Å²) < 4.78 is 19.3. The standard InChI is InChI=1S/C26H21ClN4O3/c1-32-18-8-3-15(4-9-18)24-22-23(30-26-28-14-29-31(24)26)20-13-17(27)7-12-21(20)34-25(22)16-5-10-19(33-2)11-6-16/h3-14,24-25H,1-2H3,(H,28,29,30)/t24-,25+/m0/s1. The fourth-order valence-corrected chi connectivity index (χ4v) is 4.77. The van der Waals surface area contributed by atoms with Crippen LogP contribution in [0.5, 0.6) is 17.2 Å². The Morgan fingerprint density at radius 2 is 1.59 bits per heavy atom. The first kappa shape index (κ1) is 20.6. The van der Waals surface area contributed by atoms with E-state index in [0.717, 1.165) is 45.2 Å². The van der Waals surface area contributed by atoms with E-state index < -0.39 is 0 Å². The molecule has 170 valence electrons. The Morgan fingerprint density at radius 1 is 0.912 bits per heavy atom. The third kappa shape index (κ3) is 3.28. The summed E-state index contributed by atoms with van der Waals surface area (Å²) in [7, 11) is 3.31. The van der Waals surface area contributed by atoms with Gasteiger partial charge in [-0.25, -0.2) is 4.68 Å². The van der Waals surface area contributed by atoms with Crippen LogP contribution in [0, 0.1) is 0 Å². The average molecular weight is 473 g/mol. The molecule has 1 aromatic heterocycles. The summed E-state index contributed by atoms with van der Waals surface area (Å²) in [6.45, 7) is 0. The Hall–Kier alpha value is -3.97. The van der Waals surface area contributed by atoms with E-state index in [-0.39, 0.29) is 12.1 Å². The van der Waals surface area contributed by atoms with Gasteiger partial charge < -0.3 is 19.5 Å². The lowest BCUT2D eigenvalue weighted by atomic mass is 9.84. The summed E-state index contributed by atoms with van der Waals surface area (Å²) in [4.78, 5) is 4.46. The smallest absolute Gasteiger partial charge is 0.226 e. The van der Waals surface area contributed by atoms with E-state index in [1.54, 1.807) is 20.5 Å². The van der Waals surface area contributed by atoms with Gasteiger partial charge in [-0.2, -0.15) is 10.1 Å². The highest BCUT2D eigenvalue weighted by atomic mass is 35.5. The normalized spacial score (nSPS) is 18.2. The minimum Gasteiger partial charge on any atom is -0.497 e. The molecule has 3 aromatic carbocycles. The van der Waals surface area contributed by atoms with Crippen molar-refractivity contribution in [3.05, 3.63) is 100 Å². The molecule has 3 heterocycles. The SMILES string of the molecule is COc1ccc([C@H]2C3=C(Nc4ncnn42)c2cc(Cl)ccc2O[C@@H]3c2ccc(OC)cc2)cc1. The molecule has 34 heavy (non-hydrogen) atoms.